The maximum atomic E-state index is 11.8. The summed E-state index contributed by atoms with van der Waals surface area (Å²) in [5.74, 6) is 0.453. The molecule has 0 spiro atoms. The maximum Gasteiger partial charge on any atom is 0.238 e. The van der Waals surface area contributed by atoms with Crippen LogP contribution in [-0.2, 0) is 4.79 Å². The van der Waals surface area contributed by atoms with Crippen molar-refractivity contribution < 1.29 is 14.6 Å². The molecule has 5 nitrogen and oxygen atoms in total. The molecule has 0 aliphatic carbocycles. The van der Waals surface area contributed by atoms with Gasteiger partial charge in [-0.15, -0.1) is 0 Å². The minimum atomic E-state index is -0.432. The molecule has 3 N–H and O–H groups in total. The van der Waals surface area contributed by atoms with Crippen molar-refractivity contribution in [1.29, 1.82) is 0 Å². The fourth-order valence-electron chi connectivity index (χ4n) is 1.53. The van der Waals surface area contributed by atoms with Crippen LogP contribution in [0, 0.1) is 0 Å². The molecular weight excluding hydrogens is 244 g/mol. The molecule has 0 aliphatic heterocycles. The third-order valence-corrected chi connectivity index (χ3v) is 3.19. The summed E-state index contributed by atoms with van der Waals surface area (Å²) in [7, 11) is 1.56. The van der Waals surface area contributed by atoms with Crippen molar-refractivity contribution in [2.45, 2.75) is 25.8 Å². The Kier molecular flexibility index (Phi) is 5.79. The van der Waals surface area contributed by atoms with Gasteiger partial charge in [-0.3, -0.25) is 4.79 Å². The van der Waals surface area contributed by atoms with Crippen LogP contribution in [0.2, 0.25) is 0 Å². The molecule has 0 aliphatic rings. The highest BCUT2D eigenvalue weighted by atomic mass is 16.5. The normalized spacial score (nSPS) is 13.7. The van der Waals surface area contributed by atoms with Gasteiger partial charge in [-0.25, -0.2) is 0 Å². The van der Waals surface area contributed by atoms with Crippen LogP contribution in [0.3, 0.4) is 0 Å². The molecule has 5 heteroatoms. The number of amides is 1. The van der Waals surface area contributed by atoms with E-state index >= 15 is 0 Å². The fourth-order valence-corrected chi connectivity index (χ4v) is 1.53. The van der Waals surface area contributed by atoms with E-state index in [9.17, 15) is 9.90 Å². The number of para-hydroxylation sites is 2. The minimum Gasteiger partial charge on any atom is -0.495 e. The Morgan fingerprint density at radius 1 is 1.42 bits per heavy atom. The Bertz CT molecular complexity index is 417. The van der Waals surface area contributed by atoms with Crippen LogP contribution in [0.4, 0.5) is 5.69 Å². The molecule has 0 radical (unpaired) electrons. The molecule has 1 amide bonds. The summed E-state index contributed by atoms with van der Waals surface area (Å²) in [6.45, 7) is 3.97. The summed E-state index contributed by atoms with van der Waals surface area (Å²) in [5.41, 5.74) is 0.206. The number of hydrogen-bond donors (Lipinski definition) is 3. The van der Waals surface area contributed by atoms with Crippen LogP contribution < -0.4 is 15.4 Å². The first-order chi connectivity index (χ1) is 9.04. The Balaban J connectivity index is 2.56. The van der Waals surface area contributed by atoms with Crippen molar-refractivity contribution in [2.24, 2.45) is 0 Å². The lowest BCUT2D eigenvalue weighted by Crippen LogP contribution is -2.48. The molecule has 1 rings (SSSR count). The lowest BCUT2D eigenvalue weighted by molar-refractivity contribution is -0.115. The van der Waals surface area contributed by atoms with Crippen LogP contribution in [0.25, 0.3) is 0 Å². The third kappa shape index (κ3) is 4.54. The van der Waals surface area contributed by atoms with Crippen LogP contribution in [0.1, 0.15) is 20.3 Å². The van der Waals surface area contributed by atoms with Crippen LogP contribution in [0.15, 0.2) is 24.3 Å². The van der Waals surface area contributed by atoms with E-state index in [0.717, 1.165) is 6.42 Å². The van der Waals surface area contributed by atoms with Gasteiger partial charge in [0.25, 0.3) is 0 Å². The van der Waals surface area contributed by atoms with Crippen LogP contribution >= 0.6 is 0 Å². The quantitative estimate of drug-likeness (QED) is 0.697. The second kappa shape index (κ2) is 7.11. The Morgan fingerprint density at radius 3 is 2.68 bits per heavy atom. The summed E-state index contributed by atoms with van der Waals surface area (Å²) in [6, 6.07) is 7.23. The van der Waals surface area contributed by atoms with Crippen LogP contribution in [-0.4, -0.2) is 36.8 Å². The van der Waals surface area contributed by atoms with Gasteiger partial charge < -0.3 is 20.5 Å². The van der Waals surface area contributed by atoms with Gasteiger partial charge in [0.05, 0.1) is 25.9 Å². The SMILES string of the molecule is CCC(C)(CO)NCC(=O)Nc1ccccc1OC. The first-order valence-electron chi connectivity index (χ1n) is 6.33. The van der Waals surface area contributed by atoms with E-state index < -0.39 is 5.54 Å². The van der Waals surface area contributed by atoms with Gasteiger partial charge in [-0.1, -0.05) is 19.1 Å². The molecule has 1 aromatic carbocycles. The number of aliphatic hydroxyl groups excluding tert-OH is 1. The van der Waals surface area contributed by atoms with Gasteiger partial charge in [-0.05, 0) is 25.5 Å². The number of aliphatic hydroxyl groups is 1. The number of ether oxygens (including phenoxy) is 1. The molecule has 0 aromatic heterocycles. The number of nitrogens with one attached hydrogen (secondary N) is 2. The molecule has 0 fully saturated rings. The molecule has 1 unspecified atom stereocenters. The Labute approximate surface area is 114 Å². The molecule has 0 saturated heterocycles. The number of rotatable bonds is 7. The monoisotopic (exact) mass is 266 g/mol. The summed E-state index contributed by atoms with van der Waals surface area (Å²) in [6.07, 6.45) is 0.742. The Morgan fingerprint density at radius 2 is 2.11 bits per heavy atom. The summed E-state index contributed by atoms with van der Waals surface area (Å²) >= 11 is 0. The van der Waals surface area contributed by atoms with Crippen LogP contribution in [0.5, 0.6) is 5.75 Å². The average Bonchev–Trinajstić information content (AvgIpc) is 2.45. The van der Waals surface area contributed by atoms with Crippen molar-refractivity contribution in [3.63, 3.8) is 0 Å². The Hall–Kier alpha value is -1.59. The molecule has 1 atom stereocenters. The molecule has 0 heterocycles. The van der Waals surface area contributed by atoms with Gasteiger partial charge in [0.2, 0.25) is 5.91 Å². The highest BCUT2D eigenvalue weighted by Gasteiger charge is 2.21. The first-order valence-corrected chi connectivity index (χ1v) is 6.33. The van der Waals surface area contributed by atoms with Crippen molar-refractivity contribution in [1.82, 2.24) is 5.32 Å². The summed E-state index contributed by atoms with van der Waals surface area (Å²) in [4.78, 5) is 11.8. The fraction of sp³-hybridized carbons (Fsp3) is 0.500. The lowest BCUT2D eigenvalue weighted by atomic mass is 10.0. The zero-order valence-electron chi connectivity index (χ0n) is 11.7. The lowest BCUT2D eigenvalue weighted by Gasteiger charge is -2.27. The predicted octanol–water partition coefficient (Wildman–Crippen LogP) is 1.38. The van der Waals surface area contributed by atoms with Gasteiger partial charge in [0, 0.05) is 5.54 Å². The average molecular weight is 266 g/mol. The molecule has 106 valence electrons. The zero-order chi connectivity index (χ0) is 14.3. The van der Waals surface area contributed by atoms with E-state index in [1.807, 2.05) is 26.0 Å². The number of methoxy groups -OCH3 is 1. The van der Waals surface area contributed by atoms with E-state index in [2.05, 4.69) is 10.6 Å². The number of carbonyl (C=O) groups is 1. The van der Waals surface area contributed by atoms with Gasteiger partial charge >= 0.3 is 0 Å². The van der Waals surface area contributed by atoms with Crippen molar-refractivity contribution >= 4 is 11.6 Å². The van der Waals surface area contributed by atoms with Gasteiger partial charge in [-0.2, -0.15) is 0 Å². The number of carbonyl (C=O) groups excluding carboxylic acids is 1. The molecule has 0 saturated carbocycles. The summed E-state index contributed by atoms with van der Waals surface area (Å²) in [5, 5.41) is 15.1. The minimum absolute atomic E-state index is 0.00849. The topological polar surface area (TPSA) is 70.6 Å². The summed E-state index contributed by atoms with van der Waals surface area (Å²) < 4.78 is 5.16. The highest BCUT2D eigenvalue weighted by Crippen LogP contribution is 2.22. The molecule has 19 heavy (non-hydrogen) atoms. The van der Waals surface area contributed by atoms with Gasteiger partial charge in [0.1, 0.15) is 5.75 Å². The number of benzene rings is 1. The molecule has 0 bridgehead atoms. The zero-order valence-corrected chi connectivity index (χ0v) is 11.7. The predicted molar refractivity (Wildman–Crippen MR) is 75.4 cm³/mol. The number of hydrogen-bond acceptors (Lipinski definition) is 4. The van der Waals surface area contributed by atoms with Crippen molar-refractivity contribution in [3.8, 4) is 5.75 Å². The maximum absolute atomic E-state index is 11.8. The van der Waals surface area contributed by atoms with E-state index in [1.165, 1.54) is 0 Å². The highest BCUT2D eigenvalue weighted by molar-refractivity contribution is 5.93. The van der Waals surface area contributed by atoms with Crippen molar-refractivity contribution in [3.05, 3.63) is 24.3 Å². The second-order valence-electron chi connectivity index (χ2n) is 4.67. The number of anilines is 1. The standard InChI is InChI=1S/C14H22N2O3/c1-4-14(2,10-17)15-9-13(18)16-11-7-5-6-8-12(11)19-3/h5-8,15,17H,4,9-10H2,1-3H3,(H,16,18). The van der Waals surface area contributed by atoms with Gasteiger partial charge in [0.15, 0.2) is 0 Å². The first kappa shape index (κ1) is 15.5. The molecule has 1 aromatic rings. The molecular formula is C14H22N2O3. The van der Waals surface area contributed by atoms with E-state index in [4.69, 9.17) is 4.74 Å². The largest absolute Gasteiger partial charge is 0.495 e. The van der Waals surface area contributed by atoms with E-state index in [1.54, 1.807) is 19.2 Å². The van der Waals surface area contributed by atoms with Crippen molar-refractivity contribution in [2.75, 3.05) is 25.6 Å². The van der Waals surface area contributed by atoms with E-state index in [0.29, 0.717) is 11.4 Å². The smallest absolute Gasteiger partial charge is 0.238 e. The third-order valence-electron chi connectivity index (χ3n) is 3.19. The second-order valence-corrected chi connectivity index (χ2v) is 4.67. The van der Waals surface area contributed by atoms with E-state index in [-0.39, 0.29) is 19.1 Å².